The molecule has 2 amide bonds. The normalized spacial score (nSPS) is 18.1. The van der Waals surface area contributed by atoms with Crippen LogP contribution in [0.1, 0.15) is 16.1 Å². The number of amidine groups is 1. The number of β-lactam (4-membered cyclic amide) rings is 1. The SMILES string of the molecule is CON=C(C(=O)N[C@@H]1C(=O)N2C(C(=O)O)=C(C[n+]3ccc4ccn(Cc5cc(C(=N)N)cs5)c4c3)CS[C@H]12)c1nc(N)sc1Cl. The molecule has 0 unspecified atom stereocenters. The molecular formula is C27H25ClN9O5S3+. The molecule has 6 heterocycles. The summed E-state index contributed by atoms with van der Waals surface area (Å²) in [5.41, 5.74) is 13.1. The Bertz CT molecular complexity index is 1950. The van der Waals surface area contributed by atoms with Crippen molar-refractivity contribution < 1.29 is 28.9 Å². The lowest BCUT2D eigenvalue weighted by Crippen LogP contribution is -2.71. The number of nitrogens with two attached hydrogens (primary N) is 2. The van der Waals surface area contributed by atoms with Gasteiger partial charge in [0, 0.05) is 44.8 Å². The molecule has 14 nitrogen and oxygen atoms in total. The molecule has 4 aromatic heterocycles. The van der Waals surface area contributed by atoms with Crippen molar-refractivity contribution in [2.75, 3.05) is 18.6 Å². The number of carbonyl (C=O) groups excluding carboxylic acids is 2. The summed E-state index contributed by atoms with van der Waals surface area (Å²) in [4.78, 5) is 49.9. The Morgan fingerprint density at radius 1 is 1.38 bits per heavy atom. The maximum absolute atomic E-state index is 13.3. The van der Waals surface area contributed by atoms with Crippen LogP contribution in [-0.2, 0) is 32.3 Å². The minimum absolute atomic E-state index is 0.0168. The second kappa shape index (κ2) is 12.2. The average molecular weight is 687 g/mol. The Kier molecular flexibility index (Phi) is 8.25. The van der Waals surface area contributed by atoms with Crippen LogP contribution in [0.3, 0.4) is 0 Å². The summed E-state index contributed by atoms with van der Waals surface area (Å²) >= 11 is 9.99. The lowest BCUT2D eigenvalue weighted by atomic mass is 10.0. The first kappa shape index (κ1) is 30.6. The Balaban J connectivity index is 1.21. The summed E-state index contributed by atoms with van der Waals surface area (Å²) in [6.45, 7) is 0.825. The zero-order chi connectivity index (χ0) is 32.0. The van der Waals surface area contributed by atoms with E-state index in [2.05, 4.69) is 20.0 Å². The standard InChI is InChI=1S/C27H24ClN9O5S3/c1-42-34-18(17-21(28)45-27(31)33-17)23(38)32-19-24(39)37-20(26(40)41)14(11-44-25(19)37)7-35-4-2-12-3-5-36(16(12)9-35)8-15-6-13(10-43-15)22(29)30/h2-6,9-10,19,25H,7-8,11H2,1H3,(H6-,29,30,31,32,33,38,40,41)/p+1/t19-,25-/m1/s1. The number of hydrogen-bond donors (Lipinski definition) is 5. The molecule has 0 radical (unpaired) electrons. The summed E-state index contributed by atoms with van der Waals surface area (Å²) in [6, 6.07) is 4.84. The predicted octanol–water partition coefficient (Wildman–Crippen LogP) is 1.80. The molecule has 0 aliphatic carbocycles. The van der Waals surface area contributed by atoms with Crippen LogP contribution in [0.15, 0.2) is 58.6 Å². The molecule has 2 aliphatic heterocycles. The van der Waals surface area contributed by atoms with E-state index in [1.165, 1.54) is 35.1 Å². The predicted molar refractivity (Wildman–Crippen MR) is 171 cm³/mol. The van der Waals surface area contributed by atoms with Gasteiger partial charge < -0.3 is 31.3 Å². The van der Waals surface area contributed by atoms with Gasteiger partial charge in [-0.1, -0.05) is 28.1 Å². The van der Waals surface area contributed by atoms with E-state index < -0.39 is 29.2 Å². The Morgan fingerprint density at radius 2 is 2.18 bits per heavy atom. The molecule has 4 aromatic rings. The van der Waals surface area contributed by atoms with Crippen LogP contribution in [0.2, 0.25) is 4.34 Å². The number of oxime groups is 1. The number of thiazole rings is 1. The fourth-order valence-electron chi connectivity index (χ4n) is 5.16. The second-order valence-corrected chi connectivity index (χ2v) is 13.8. The van der Waals surface area contributed by atoms with Gasteiger partial charge in [-0.05, 0) is 12.1 Å². The number of amides is 2. The zero-order valence-corrected chi connectivity index (χ0v) is 26.6. The summed E-state index contributed by atoms with van der Waals surface area (Å²) < 4.78 is 4.08. The molecule has 2 atom stereocenters. The lowest BCUT2D eigenvalue weighted by Gasteiger charge is -2.49. The number of rotatable bonds is 10. The topological polar surface area (TPSA) is 206 Å². The second-order valence-electron chi connectivity index (χ2n) is 10.0. The van der Waals surface area contributed by atoms with Gasteiger partial charge in [0.05, 0.1) is 6.54 Å². The number of halogens is 1. The molecule has 18 heteroatoms. The summed E-state index contributed by atoms with van der Waals surface area (Å²) in [6.07, 6.45) is 5.77. The molecule has 0 saturated carbocycles. The van der Waals surface area contributed by atoms with Crippen molar-refractivity contribution in [2.45, 2.75) is 24.5 Å². The number of thioether (sulfide) groups is 1. The highest BCUT2D eigenvalue weighted by molar-refractivity contribution is 8.00. The zero-order valence-electron chi connectivity index (χ0n) is 23.4. The molecule has 1 saturated heterocycles. The van der Waals surface area contributed by atoms with E-state index >= 15 is 0 Å². The maximum atomic E-state index is 13.3. The summed E-state index contributed by atoms with van der Waals surface area (Å²) in [7, 11) is 1.25. The molecule has 0 bridgehead atoms. The number of thiophene rings is 1. The third kappa shape index (κ3) is 5.74. The summed E-state index contributed by atoms with van der Waals surface area (Å²) in [5, 5.41) is 26.5. The minimum atomic E-state index is -1.23. The van der Waals surface area contributed by atoms with E-state index in [0.29, 0.717) is 23.4 Å². The molecule has 45 heavy (non-hydrogen) atoms. The fraction of sp³-hybridized carbons (Fsp3) is 0.222. The van der Waals surface area contributed by atoms with Crippen molar-refractivity contribution in [1.29, 1.82) is 5.41 Å². The van der Waals surface area contributed by atoms with Crippen LogP contribution in [0.5, 0.6) is 0 Å². The van der Waals surface area contributed by atoms with Gasteiger partial charge in [0.1, 0.15) is 45.6 Å². The first-order chi connectivity index (χ1) is 21.5. The van der Waals surface area contributed by atoms with E-state index in [1.807, 2.05) is 46.7 Å². The van der Waals surface area contributed by atoms with Gasteiger partial charge in [-0.2, -0.15) is 4.57 Å². The minimum Gasteiger partial charge on any atom is -0.477 e. The van der Waals surface area contributed by atoms with Crippen LogP contribution in [0.25, 0.3) is 10.9 Å². The number of aliphatic carboxylic acids is 1. The van der Waals surface area contributed by atoms with Crippen LogP contribution < -0.4 is 21.4 Å². The van der Waals surface area contributed by atoms with Crippen molar-refractivity contribution in [3.8, 4) is 0 Å². The number of nitrogens with zero attached hydrogens (tertiary/aromatic N) is 5. The molecule has 0 spiro atoms. The molecule has 7 N–H and O–H groups in total. The van der Waals surface area contributed by atoms with E-state index in [4.69, 9.17) is 33.3 Å². The monoisotopic (exact) mass is 686 g/mol. The van der Waals surface area contributed by atoms with Gasteiger partial charge in [0.2, 0.25) is 0 Å². The van der Waals surface area contributed by atoms with Crippen molar-refractivity contribution in [3.63, 3.8) is 0 Å². The van der Waals surface area contributed by atoms with Crippen LogP contribution in [-0.4, -0.2) is 73.2 Å². The number of hydrogen-bond acceptors (Lipinski definition) is 11. The van der Waals surface area contributed by atoms with E-state index in [9.17, 15) is 19.5 Å². The van der Waals surface area contributed by atoms with E-state index in [1.54, 1.807) is 0 Å². The lowest BCUT2D eigenvalue weighted by molar-refractivity contribution is -0.687. The first-order valence-electron chi connectivity index (χ1n) is 13.2. The van der Waals surface area contributed by atoms with Gasteiger partial charge >= 0.3 is 5.97 Å². The average Bonchev–Trinajstić information content (AvgIpc) is 3.73. The van der Waals surface area contributed by atoms with Gasteiger partial charge in [-0.3, -0.25) is 19.9 Å². The van der Waals surface area contributed by atoms with Gasteiger partial charge in [0.15, 0.2) is 29.8 Å². The third-order valence-corrected chi connectivity index (χ3v) is 10.5. The number of anilines is 1. The molecule has 6 rings (SSSR count). The highest BCUT2D eigenvalue weighted by atomic mass is 35.5. The van der Waals surface area contributed by atoms with Crippen molar-refractivity contribution in [2.24, 2.45) is 10.9 Å². The highest BCUT2D eigenvalue weighted by Gasteiger charge is 2.55. The first-order valence-corrected chi connectivity index (χ1v) is 16.3. The van der Waals surface area contributed by atoms with E-state index in [0.717, 1.165) is 27.1 Å². The number of fused-ring (bicyclic) bond motifs is 2. The highest BCUT2D eigenvalue weighted by Crippen LogP contribution is 2.40. The Morgan fingerprint density at radius 3 is 2.84 bits per heavy atom. The number of nitrogen functional groups attached to an aromatic ring is 2. The molecule has 232 valence electrons. The molecule has 0 aromatic carbocycles. The third-order valence-electron chi connectivity index (χ3n) is 7.20. The summed E-state index contributed by atoms with van der Waals surface area (Å²) in [5.74, 6) is -2.21. The number of aromatic nitrogens is 3. The van der Waals surface area contributed by atoms with Crippen molar-refractivity contribution in [1.82, 2.24) is 19.8 Å². The van der Waals surface area contributed by atoms with Gasteiger partial charge in [0.25, 0.3) is 11.8 Å². The number of carbonyl (C=O) groups is 3. The maximum Gasteiger partial charge on any atom is 0.352 e. The van der Waals surface area contributed by atoms with Crippen molar-refractivity contribution >= 4 is 91.4 Å². The number of carboxylic acid groups (broad SMARTS) is 1. The van der Waals surface area contributed by atoms with Crippen LogP contribution >= 0.6 is 46.0 Å². The molecular weight excluding hydrogens is 662 g/mol. The number of pyridine rings is 1. The van der Waals surface area contributed by atoms with Crippen LogP contribution in [0.4, 0.5) is 5.13 Å². The molecule has 2 aliphatic rings. The largest absolute Gasteiger partial charge is 0.477 e. The molecule has 1 fully saturated rings. The quantitative estimate of drug-likeness (QED) is 0.0541. The van der Waals surface area contributed by atoms with Gasteiger partial charge in [-0.15, -0.1) is 23.1 Å². The van der Waals surface area contributed by atoms with Crippen molar-refractivity contribution in [3.05, 3.63) is 73.9 Å². The Labute approximate surface area is 272 Å². The number of nitrogens with one attached hydrogen (secondary N) is 2. The Hall–Kier alpha value is -4.45. The van der Waals surface area contributed by atoms with Crippen LogP contribution in [0, 0.1) is 5.41 Å². The smallest absolute Gasteiger partial charge is 0.352 e. The van der Waals surface area contributed by atoms with E-state index in [-0.39, 0.29) is 39.0 Å². The van der Waals surface area contributed by atoms with Gasteiger partial charge in [-0.25, -0.2) is 9.78 Å². The number of carboxylic acids is 1. The fourth-order valence-corrected chi connectivity index (χ4v) is 8.30.